The van der Waals surface area contributed by atoms with Gasteiger partial charge >= 0.3 is 0 Å². The highest BCUT2D eigenvalue weighted by molar-refractivity contribution is 6.30. The van der Waals surface area contributed by atoms with Crippen molar-refractivity contribution in [3.63, 3.8) is 0 Å². The number of nitrogens with zero attached hydrogens (tertiary/aromatic N) is 2. The fourth-order valence-corrected chi connectivity index (χ4v) is 2.66. The molecule has 4 heteroatoms. The Bertz CT molecular complexity index is 811. The van der Waals surface area contributed by atoms with E-state index in [0.717, 1.165) is 33.4 Å². The normalized spacial score (nSPS) is 11.9. The van der Waals surface area contributed by atoms with Gasteiger partial charge in [-0.2, -0.15) is 0 Å². The molecule has 1 N–H and O–H groups in total. The molecule has 0 radical (unpaired) electrons. The molecular formula is C18H20ClN3. The van der Waals surface area contributed by atoms with Gasteiger partial charge in [0.15, 0.2) is 0 Å². The van der Waals surface area contributed by atoms with Crippen molar-refractivity contribution in [2.24, 2.45) is 0 Å². The van der Waals surface area contributed by atoms with Gasteiger partial charge in [0.1, 0.15) is 17.2 Å². The largest absolute Gasteiger partial charge is 0.365 e. The Hall–Kier alpha value is -2.00. The average molecular weight is 314 g/mol. The molecule has 0 aliphatic carbocycles. The molecule has 3 nitrogen and oxygen atoms in total. The molecule has 0 bridgehead atoms. The van der Waals surface area contributed by atoms with Crippen molar-refractivity contribution >= 4 is 23.1 Å². The zero-order valence-electron chi connectivity index (χ0n) is 13.3. The van der Waals surface area contributed by atoms with E-state index in [1.54, 1.807) is 0 Å². The number of rotatable bonds is 2. The molecule has 2 heterocycles. The summed E-state index contributed by atoms with van der Waals surface area (Å²) in [6, 6.07) is 14.0. The Kier molecular flexibility index (Phi) is 3.61. The van der Waals surface area contributed by atoms with Crippen LogP contribution < -0.4 is 5.32 Å². The number of nitrogens with one attached hydrogen (secondary N) is 1. The smallest absolute Gasteiger partial charge is 0.139 e. The van der Waals surface area contributed by atoms with Crippen molar-refractivity contribution in [2.75, 3.05) is 5.32 Å². The zero-order valence-corrected chi connectivity index (χ0v) is 14.1. The number of hydrogen-bond donors (Lipinski definition) is 1. The SMILES string of the molecule is Cc1cccc2nc(-c3ccc(Cl)cc3)c(NC(C)(C)C)n12. The van der Waals surface area contributed by atoms with Gasteiger partial charge in [0.2, 0.25) is 0 Å². The lowest BCUT2D eigenvalue weighted by molar-refractivity contribution is 0.629. The number of anilines is 1. The molecule has 2 aromatic heterocycles. The van der Waals surface area contributed by atoms with Gasteiger partial charge in [-0.3, -0.25) is 4.40 Å². The standard InChI is InChI=1S/C18H20ClN3/c1-12-6-5-7-15-20-16(13-8-10-14(19)11-9-13)17(22(12)15)21-18(2,3)4/h5-11,21H,1-4H3. The molecule has 3 rings (SSSR count). The number of benzene rings is 1. The first-order valence-corrected chi connectivity index (χ1v) is 7.75. The summed E-state index contributed by atoms with van der Waals surface area (Å²) in [4.78, 5) is 4.81. The third-order valence-corrected chi connectivity index (χ3v) is 3.70. The molecule has 0 fully saturated rings. The molecule has 3 aromatic rings. The van der Waals surface area contributed by atoms with Gasteiger partial charge in [0, 0.05) is 21.8 Å². The monoisotopic (exact) mass is 313 g/mol. The fraction of sp³-hybridized carbons (Fsp3) is 0.278. The minimum Gasteiger partial charge on any atom is -0.365 e. The Morgan fingerprint density at radius 1 is 1.05 bits per heavy atom. The quantitative estimate of drug-likeness (QED) is 0.707. The van der Waals surface area contributed by atoms with Crippen molar-refractivity contribution in [1.29, 1.82) is 0 Å². The van der Waals surface area contributed by atoms with Crippen molar-refractivity contribution in [2.45, 2.75) is 33.2 Å². The van der Waals surface area contributed by atoms with E-state index >= 15 is 0 Å². The highest BCUT2D eigenvalue weighted by Gasteiger charge is 2.19. The first-order chi connectivity index (χ1) is 10.3. The minimum absolute atomic E-state index is 0.0561. The molecule has 114 valence electrons. The van der Waals surface area contributed by atoms with Crippen LogP contribution in [0.3, 0.4) is 0 Å². The second kappa shape index (κ2) is 5.33. The summed E-state index contributed by atoms with van der Waals surface area (Å²) in [6.45, 7) is 8.54. The van der Waals surface area contributed by atoms with Gasteiger partial charge in [-0.1, -0.05) is 29.8 Å². The Labute approximate surface area is 136 Å². The highest BCUT2D eigenvalue weighted by Crippen LogP contribution is 2.32. The Morgan fingerprint density at radius 3 is 2.36 bits per heavy atom. The minimum atomic E-state index is -0.0561. The molecule has 22 heavy (non-hydrogen) atoms. The van der Waals surface area contributed by atoms with E-state index in [1.165, 1.54) is 0 Å². The van der Waals surface area contributed by atoms with Crippen LogP contribution in [0.2, 0.25) is 5.02 Å². The molecule has 0 aliphatic rings. The van der Waals surface area contributed by atoms with Crippen LogP contribution in [0.25, 0.3) is 16.9 Å². The predicted molar refractivity (Wildman–Crippen MR) is 93.8 cm³/mol. The predicted octanol–water partition coefficient (Wildman–Crippen LogP) is 5.17. The van der Waals surface area contributed by atoms with Gasteiger partial charge in [-0.05, 0) is 52.0 Å². The number of imidazole rings is 1. The van der Waals surface area contributed by atoms with E-state index in [4.69, 9.17) is 16.6 Å². The van der Waals surface area contributed by atoms with Crippen LogP contribution in [0.4, 0.5) is 5.82 Å². The van der Waals surface area contributed by atoms with Crippen LogP contribution in [0.15, 0.2) is 42.5 Å². The number of halogens is 1. The van der Waals surface area contributed by atoms with E-state index in [2.05, 4.69) is 43.5 Å². The van der Waals surface area contributed by atoms with Crippen LogP contribution in [0.5, 0.6) is 0 Å². The van der Waals surface area contributed by atoms with Gasteiger partial charge in [0.05, 0.1) is 0 Å². The zero-order chi connectivity index (χ0) is 15.9. The van der Waals surface area contributed by atoms with Gasteiger partial charge < -0.3 is 5.32 Å². The number of hydrogen-bond acceptors (Lipinski definition) is 2. The molecule has 0 aliphatic heterocycles. The number of aromatic nitrogens is 2. The van der Waals surface area contributed by atoms with Crippen molar-refractivity contribution in [3.05, 3.63) is 53.2 Å². The first-order valence-electron chi connectivity index (χ1n) is 7.37. The van der Waals surface area contributed by atoms with Crippen LogP contribution in [0.1, 0.15) is 26.5 Å². The van der Waals surface area contributed by atoms with Gasteiger partial charge in [-0.25, -0.2) is 4.98 Å². The van der Waals surface area contributed by atoms with Gasteiger partial charge in [0.25, 0.3) is 0 Å². The second-order valence-electron chi connectivity index (χ2n) is 6.55. The van der Waals surface area contributed by atoms with Gasteiger partial charge in [-0.15, -0.1) is 0 Å². The van der Waals surface area contributed by atoms with E-state index in [1.807, 2.05) is 36.4 Å². The van der Waals surface area contributed by atoms with E-state index in [-0.39, 0.29) is 5.54 Å². The van der Waals surface area contributed by atoms with Crippen molar-refractivity contribution < 1.29 is 0 Å². The van der Waals surface area contributed by atoms with E-state index < -0.39 is 0 Å². The lowest BCUT2D eigenvalue weighted by Gasteiger charge is -2.23. The third kappa shape index (κ3) is 2.81. The summed E-state index contributed by atoms with van der Waals surface area (Å²) >= 11 is 6.01. The maximum Gasteiger partial charge on any atom is 0.139 e. The molecule has 0 saturated carbocycles. The molecule has 0 unspecified atom stereocenters. The molecule has 0 amide bonds. The van der Waals surface area contributed by atoms with Crippen LogP contribution in [0, 0.1) is 6.92 Å². The topological polar surface area (TPSA) is 29.3 Å². The first kappa shape index (κ1) is 14.9. The van der Waals surface area contributed by atoms with E-state index in [9.17, 15) is 0 Å². The van der Waals surface area contributed by atoms with Crippen molar-refractivity contribution in [1.82, 2.24) is 9.38 Å². The number of aryl methyl sites for hydroxylation is 1. The average Bonchev–Trinajstić information content (AvgIpc) is 2.78. The summed E-state index contributed by atoms with van der Waals surface area (Å²) in [6.07, 6.45) is 0. The summed E-state index contributed by atoms with van der Waals surface area (Å²) < 4.78 is 2.16. The summed E-state index contributed by atoms with van der Waals surface area (Å²) in [7, 11) is 0. The number of fused-ring (bicyclic) bond motifs is 1. The highest BCUT2D eigenvalue weighted by atomic mass is 35.5. The molecule has 1 aromatic carbocycles. The maximum absolute atomic E-state index is 6.01. The summed E-state index contributed by atoms with van der Waals surface area (Å²) in [5.74, 6) is 1.02. The Balaban J connectivity index is 2.26. The molecular weight excluding hydrogens is 294 g/mol. The van der Waals surface area contributed by atoms with Crippen molar-refractivity contribution in [3.8, 4) is 11.3 Å². The maximum atomic E-state index is 6.01. The Morgan fingerprint density at radius 2 is 1.73 bits per heavy atom. The third-order valence-electron chi connectivity index (χ3n) is 3.45. The lowest BCUT2D eigenvalue weighted by Crippen LogP contribution is -2.27. The molecule has 0 atom stereocenters. The van der Waals surface area contributed by atoms with Crippen LogP contribution in [-0.2, 0) is 0 Å². The van der Waals surface area contributed by atoms with Crippen LogP contribution in [-0.4, -0.2) is 14.9 Å². The fourth-order valence-electron chi connectivity index (χ4n) is 2.53. The van der Waals surface area contributed by atoms with E-state index in [0.29, 0.717) is 0 Å². The summed E-state index contributed by atoms with van der Waals surface area (Å²) in [5, 5.41) is 4.32. The summed E-state index contributed by atoms with van der Waals surface area (Å²) in [5.41, 5.74) is 4.04. The molecule has 0 spiro atoms. The lowest BCUT2D eigenvalue weighted by atomic mass is 10.1. The van der Waals surface area contributed by atoms with Crippen LogP contribution >= 0.6 is 11.6 Å². The molecule has 0 saturated heterocycles. The second-order valence-corrected chi connectivity index (χ2v) is 6.99. The number of pyridine rings is 1.